The smallest absolute Gasteiger partial charge is 0.248 e. The predicted molar refractivity (Wildman–Crippen MR) is 110 cm³/mol. The summed E-state index contributed by atoms with van der Waals surface area (Å²) in [5.74, 6) is -0.153. The highest BCUT2D eigenvalue weighted by molar-refractivity contribution is 9.10. The number of aryl methyl sites for hydroxylation is 2. The number of hydrogen-bond donors (Lipinski definition) is 1. The van der Waals surface area contributed by atoms with Crippen LogP contribution in [-0.2, 0) is 11.3 Å². The molecule has 0 spiro atoms. The summed E-state index contributed by atoms with van der Waals surface area (Å²) in [6.07, 6.45) is 1.66. The zero-order chi connectivity index (χ0) is 19.7. The van der Waals surface area contributed by atoms with Crippen LogP contribution in [0.1, 0.15) is 35.6 Å². The van der Waals surface area contributed by atoms with Gasteiger partial charge in [-0.15, -0.1) is 0 Å². The monoisotopic (exact) mass is 449 g/mol. The van der Waals surface area contributed by atoms with Gasteiger partial charge in [0, 0.05) is 11.9 Å². The van der Waals surface area contributed by atoms with Gasteiger partial charge in [-0.2, -0.15) is 10.2 Å². The van der Waals surface area contributed by atoms with E-state index in [2.05, 4.69) is 31.4 Å². The quantitative estimate of drug-likeness (QED) is 0.614. The first-order valence-corrected chi connectivity index (χ1v) is 9.74. The zero-order valence-electron chi connectivity index (χ0n) is 15.6. The van der Waals surface area contributed by atoms with Gasteiger partial charge in [-0.25, -0.2) is 0 Å². The normalized spacial score (nSPS) is 12.2. The lowest BCUT2D eigenvalue weighted by molar-refractivity contribution is -0.119. The summed E-state index contributed by atoms with van der Waals surface area (Å²) in [5, 5.41) is 12.3. The lowest BCUT2D eigenvalue weighted by atomic mass is 10.2. The third kappa shape index (κ3) is 4.25. The first-order valence-electron chi connectivity index (χ1n) is 8.57. The number of hydrogen-bond acceptors (Lipinski definition) is 3. The topological polar surface area (TPSA) is 64.7 Å². The molecule has 3 aromatic rings. The van der Waals surface area contributed by atoms with E-state index < -0.39 is 6.04 Å². The summed E-state index contributed by atoms with van der Waals surface area (Å²) in [6.45, 7) is 8.22. The van der Waals surface area contributed by atoms with Gasteiger partial charge in [0.15, 0.2) is 0 Å². The minimum atomic E-state index is -0.466. The lowest BCUT2D eigenvalue weighted by Gasteiger charge is -2.13. The van der Waals surface area contributed by atoms with E-state index in [1.165, 1.54) is 0 Å². The number of benzene rings is 1. The Bertz CT molecular complexity index is 975. The van der Waals surface area contributed by atoms with Crippen molar-refractivity contribution in [2.45, 2.75) is 40.3 Å². The Morgan fingerprint density at radius 1 is 1.26 bits per heavy atom. The molecule has 0 saturated carbocycles. The fourth-order valence-corrected chi connectivity index (χ4v) is 3.20. The SMILES string of the molecule is Cc1nn(C(C)C(=O)Nc2cccc(Cn3nc(C)c(Br)c3C)c2)cc1Cl. The van der Waals surface area contributed by atoms with Crippen molar-refractivity contribution in [3.05, 3.63) is 62.6 Å². The first kappa shape index (κ1) is 19.6. The van der Waals surface area contributed by atoms with E-state index in [4.69, 9.17) is 11.6 Å². The zero-order valence-corrected chi connectivity index (χ0v) is 18.0. The number of amides is 1. The highest BCUT2D eigenvalue weighted by Gasteiger charge is 2.17. The van der Waals surface area contributed by atoms with Crippen LogP contribution in [0.5, 0.6) is 0 Å². The number of carbonyl (C=O) groups is 1. The molecule has 0 bridgehead atoms. The molecule has 1 unspecified atom stereocenters. The number of nitrogens with zero attached hydrogens (tertiary/aromatic N) is 4. The van der Waals surface area contributed by atoms with Gasteiger partial charge in [0.25, 0.3) is 0 Å². The van der Waals surface area contributed by atoms with Crippen molar-refractivity contribution >= 4 is 39.1 Å². The molecule has 1 aromatic carbocycles. The Labute approximate surface area is 171 Å². The molecule has 142 valence electrons. The number of nitrogens with one attached hydrogen (secondary N) is 1. The standard InChI is InChI=1S/C19H21BrClN5O/c1-11-17(21)10-26(23-11)14(4)19(27)22-16-7-5-6-15(8-16)9-25-13(3)18(20)12(2)24-25/h5-8,10,14H,9H2,1-4H3,(H,22,27). The Morgan fingerprint density at radius 2 is 2.00 bits per heavy atom. The van der Waals surface area contributed by atoms with Gasteiger partial charge in [0.05, 0.1) is 33.1 Å². The number of rotatable bonds is 5. The summed E-state index contributed by atoms with van der Waals surface area (Å²) in [5.41, 5.74) is 4.52. The molecule has 3 rings (SSSR count). The number of carbonyl (C=O) groups excluding carboxylic acids is 1. The Kier molecular flexibility index (Phi) is 5.72. The van der Waals surface area contributed by atoms with Gasteiger partial charge in [-0.05, 0) is 61.3 Å². The molecule has 0 radical (unpaired) electrons. The van der Waals surface area contributed by atoms with Gasteiger partial charge in [0.2, 0.25) is 5.91 Å². The summed E-state index contributed by atoms with van der Waals surface area (Å²) in [6, 6.07) is 7.29. The molecular formula is C19H21BrClN5O. The van der Waals surface area contributed by atoms with Gasteiger partial charge in [-0.3, -0.25) is 14.2 Å². The van der Waals surface area contributed by atoms with Crippen molar-refractivity contribution in [2.75, 3.05) is 5.32 Å². The summed E-state index contributed by atoms with van der Waals surface area (Å²) >= 11 is 9.58. The second-order valence-electron chi connectivity index (χ2n) is 6.55. The fourth-order valence-electron chi connectivity index (χ4n) is 2.77. The lowest BCUT2D eigenvalue weighted by Crippen LogP contribution is -2.24. The van der Waals surface area contributed by atoms with Crippen LogP contribution < -0.4 is 5.32 Å². The Balaban J connectivity index is 1.73. The summed E-state index contributed by atoms with van der Waals surface area (Å²) in [4.78, 5) is 12.6. The molecule has 1 amide bonds. The van der Waals surface area contributed by atoms with Crippen molar-refractivity contribution in [3.8, 4) is 0 Å². The van der Waals surface area contributed by atoms with E-state index in [1.807, 2.05) is 49.7 Å². The van der Waals surface area contributed by atoms with E-state index in [1.54, 1.807) is 17.8 Å². The summed E-state index contributed by atoms with van der Waals surface area (Å²) < 4.78 is 4.54. The first-order chi connectivity index (χ1) is 12.8. The van der Waals surface area contributed by atoms with Gasteiger partial charge >= 0.3 is 0 Å². The van der Waals surface area contributed by atoms with Crippen molar-refractivity contribution in [2.24, 2.45) is 0 Å². The fraction of sp³-hybridized carbons (Fsp3) is 0.316. The van der Waals surface area contributed by atoms with Gasteiger partial charge in [-0.1, -0.05) is 23.7 Å². The van der Waals surface area contributed by atoms with Crippen LogP contribution in [0.25, 0.3) is 0 Å². The van der Waals surface area contributed by atoms with Crippen LogP contribution in [0.2, 0.25) is 5.02 Å². The van der Waals surface area contributed by atoms with E-state index in [9.17, 15) is 4.79 Å². The van der Waals surface area contributed by atoms with Crippen molar-refractivity contribution in [1.82, 2.24) is 19.6 Å². The van der Waals surface area contributed by atoms with Gasteiger partial charge < -0.3 is 5.32 Å². The molecule has 8 heteroatoms. The molecule has 2 heterocycles. The molecule has 0 aliphatic carbocycles. The molecule has 0 saturated heterocycles. The Morgan fingerprint density at radius 3 is 2.59 bits per heavy atom. The minimum Gasteiger partial charge on any atom is -0.324 e. The van der Waals surface area contributed by atoms with Crippen molar-refractivity contribution < 1.29 is 4.79 Å². The van der Waals surface area contributed by atoms with Gasteiger partial charge in [0.1, 0.15) is 6.04 Å². The van der Waals surface area contributed by atoms with Crippen LogP contribution in [0.3, 0.4) is 0 Å². The minimum absolute atomic E-state index is 0.153. The van der Waals surface area contributed by atoms with Crippen LogP contribution in [-0.4, -0.2) is 25.5 Å². The van der Waals surface area contributed by atoms with E-state index in [-0.39, 0.29) is 5.91 Å². The molecule has 2 aromatic heterocycles. The van der Waals surface area contributed by atoms with E-state index >= 15 is 0 Å². The second kappa shape index (κ2) is 7.86. The largest absolute Gasteiger partial charge is 0.324 e. The molecule has 6 nitrogen and oxygen atoms in total. The third-order valence-electron chi connectivity index (χ3n) is 4.45. The van der Waals surface area contributed by atoms with Crippen LogP contribution >= 0.6 is 27.5 Å². The van der Waals surface area contributed by atoms with E-state index in [0.717, 1.165) is 27.1 Å². The molecule has 0 aliphatic rings. The number of anilines is 1. The average Bonchev–Trinajstić information content (AvgIpc) is 3.08. The maximum Gasteiger partial charge on any atom is 0.248 e. The number of halogens is 2. The Hall–Kier alpha value is -2.12. The maximum atomic E-state index is 12.6. The molecule has 0 fully saturated rings. The van der Waals surface area contributed by atoms with Crippen molar-refractivity contribution in [1.29, 1.82) is 0 Å². The maximum absolute atomic E-state index is 12.6. The molecule has 27 heavy (non-hydrogen) atoms. The molecule has 1 atom stereocenters. The molecule has 1 N–H and O–H groups in total. The molecular weight excluding hydrogens is 430 g/mol. The number of aromatic nitrogens is 4. The molecule has 0 aliphatic heterocycles. The van der Waals surface area contributed by atoms with E-state index in [0.29, 0.717) is 17.3 Å². The summed E-state index contributed by atoms with van der Waals surface area (Å²) in [7, 11) is 0. The highest BCUT2D eigenvalue weighted by atomic mass is 79.9. The average molecular weight is 451 g/mol. The van der Waals surface area contributed by atoms with Crippen molar-refractivity contribution in [3.63, 3.8) is 0 Å². The van der Waals surface area contributed by atoms with Crippen LogP contribution in [0.4, 0.5) is 5.69 Å². The second-order valence-corrected chi connectivity index (χ2v) is 7.75. The highest BCUT2D eigenvalue weighted by Crippen LogP contribution is 2.22. The predicted octanol–water partition coefficient (Wildman–Crippen LogP) is 4.67. The van der Waals surface area contributed by atoms with Crippen LogP contribution in [0.15, 0.2) is 34.9 Å². The van der Waals surface area contributed by atoms with Crippen LogP contribution in [0, 0.1) is 20.8 Å². The third-order valence-corrected chi connectivity index (χ3v) is 5.97.